The van der Waals surface area contributed by atoms with Crippen molar-refractivity contribution in [3.05, 3.63) is 12.4 Å². The molecule has 15 heavy (non-hydrogen) atoms. The highest BCUT2D eigenvalue weighted by molar-refractivity contribution is 5.30. The molecular weight excluding hydrogens is 192 g/mol. The average molecular weight is 210 g/mol. The van der Waals surface area contributed by atoms with Crippen LogP contribution in [0.4, 0.5) is 5.69 Å². The van der Waals surface area contributed by atoms with Crippen LogP contribution in [0.15, 0.2) is 12.4 Å². The van der Waals surface area contributed by atoms with E-state index in [0.717, 1.165) is 32.6 Å². The van der Waals surface area contributed by atoms with Crippen molar-refractivity contribution in [3.63, 3.8) is 0 Å². The zero-order valence-electron chi connectivity index (χ0n) is 9.06. The molecule has 1 saturated heterocycles. The second kappa shape index (κ2) is 3.83. The summed E-state index contributed by atoms with van der Waals surface area (Å²) in [4.78, 5) is 2.25. The van der Waals surface area contributed by atoms with Gasteiger partial charge in [0.25, 0.3) is 0 Å². The van der Waals surface area contributed by atoms with Crippen molar-refractivity contribution in [2.45, 2.75) is 25.5 Å². The Morgan fingerprint density at radius 3 is 2.93 bits per heavy atom. The lowest BCUT2D eigenvalue weighted by molar-refractivity contribution is 0.0682. The van der Waals surface area contributed by atoms with Crippen LogP contribution >= 0.6 is 0 Å². The molecule has 1 atom stereocenters. The van der Waals surface area contributed by atoms with E-state index in [1.54, 1.807) is 6.20 Å². The topological polar surface area (TPSA) is 67.3 Å². The summed E-state index contributed by atoms with van der Waals surface area (Å²) >= 11 is 0. The maximum Gasteiger partial charge on any atom is 0.0758 e. The third-order valence-corrected chi connectivity index (χ3v) is 2.83. The predicted molar refractivity (Wildman–Crippen MR) is 58.3 cm³/mol. The van der Waals surface area contributed by atoms with Gasteiger partial charge in [0.1, 0.15) is 0 Å². The van der Waals surface area contributed by atoms with E-state index in [9.17, 15) is 5.11 Å². The molecule has 84 valence electrons. The summed E-state index contributed by atoms with van der Waals surface area (Å²) in [6, 6.07) is 0. The molecule has 1 aromatic rings. The van der Waals surface area contributed by atoms with Crippen LogP contribution in [0.2, 0.25) is 0 Å². The molecule has 1 aromatic heterocycles. The maximum absolute atomic E-state index is 9.78. The smallest absolute Gasteiger partial charge is 0.0758 e. The molecule has 2 rings (SSSR count). The Bertz CT molecular complexity index is 334. The Kier molecular flexibility index (Phi) is 2.67. The molecule has 0 amide bonds. The molecule has 1 fully saturated rings. The zero-order valence-corrected chi connectivity index (χ0v) is 9.06. The summed E-state index contributed by atoms with van der Waals surface area (Å²) in [5, 5.41) is 13.9. The van der Waals surface area contributed by atoms with E-state index in [1.165, 1.54) is 0 Å². The molecule has 5 nitrogen and oxygen atoms in total. The molecule has 2 heterocycles. The van der Waals surface area contributed by atoms with Gasteiger partial charge in [-0.25, -0.2) is 0 Å². The van der Waals surface area contributed by atoms with E-state index in [-0.39, 0.29) is 0 Å². The monoisotopic (exact) mass is 210 g/mol. The number of nitrogen functional groups attached to an aromatic ring is 1. The fourth-order valence-corrected chi connectivity index (χ4v) is 1.98. The van der Waals surface area contributed by atoms with Gasteiger partial charge in [-0.3, -0.25) is 9.58 Å². The third-order valence-electron chi connectivity index (χ3n) is 2.83. The van der Waals surface area contributed by atoms with Crippen LogP contribution in [0, 0.1) is 0 Å². The first-order valence-electron chi connectivity index (χ1n) is 5.28. The second-order valence-corrected chi connectivity index (χ2v) is 4.56. The van der Waals surface area contributed by atoms with Crippen molar-refractivity contribution in [1.29, 1.82) is 0 Å². The van der Waals surface area contributed by atoms with Crippen molar-refractivity contribution in [2.75, 3.05) is 25.4 Å². The van der Waals surface area contributed by atoms with E-state index < -0.39 is 5.60 Å². The molecule has 1 aliphatic rings. The standard InChI is InChI=1S/C10H18N4O/c1-10(15)2-3-13(8-10)4-5-14-7-9(11)6-12-14/h6-7,15H,2-5,8,11H2,1H3. The minimum atomic E-state index is -0.511. The second-order valence-electron chi connectivity index (χ2n) is 4.56. The lowest BCUT2D eigenvalue weighted by atomic mass is 10.1. The number of hydrogen-bond acceptors (Lipinski definition) is 4. The van der Waals surface area contributed by atoms with Crippen molar-refractivity contribution < 1.29 is 5.11 Å². The first-order valence-corrected chi connectivity index (χ1v) is 5.28. The van der Waals surface area contributed by atoms with E-state index in [1.807, 2.05) is 17.8 Å². The molecule has 1 aliphatic heterocycles. The van der Waals surface area contributed by atoms with Gasteiger partial charge in [-0.15, -0.1) is 0 Å². The molecule has 0 radical (unpaired) electrons. The number of anilines is 1. The highest BCUT2D eigenvalue weighted by Gasteiger charge is 2.30. The van der Waals surface area contributed by atoms with Crippen molar-refractivity contribution in [1.82, 2.24) is 14.7 Å². The molecule has 1 unspecified atom stereocenters. The molecule has 3 N–H and O–H groups in total. The summed E-state index contributed by atoms with van der Waals surface area (Å²) in [6.45, 7) is 5.34. The van der Waals surface area contributed by atoms with E-state index in [0.29, 0.717) is 5.69 Å². The minimum Gasteiger partial charge on any atom is -0.396 e. The number of β-amino-alcohol motifs (C(OH)–C–C–N with tert-alkyl or cyclic N) is 1. The quantitative estimate of drug-likeness (QED) is 0.732. The Morgan fingerprint density at radius 2 is 2.40 bits per heavy atom. The first-order chi connectivity index (χ1) is 7.05. The molecule has 0 spiro atoms. The van der Waals surface area contributed by atoms with Crippen molar-refractivity contribution in [2.24, 2.45) is 0 Å². The van der Waals surface area contributed by atoms with Crippen LogP contribution in [0.25, 0.3) is 0 Å². The van der Waals surface area contributed by atoms with Crippen molar-refractivity contribution >= 4 is 5.69 Å². The Labute approximate surface area is 89.5 Å². The number of hydrogen-bond donors (Lipinski definition) is 2. The minimum absolute atomic E-state index is 0.511. The molecule has 5 heteroatoms. The fourth-order valence-electron chi connectivity index (χ4n) is 1.98. The number of nitrogens with zero attached hydrogens (tertiary/aromatic N) is 3. The lowest BCUT2D eigenvalue weighted by Gasteiger charge is -2.18. The largest absolute Gasteiger partial charge is 0.396 e. The Balaban J connectivity index is 1.80. The van der Waals surface area contributed by atoms with Crippen LogP contribution in [-0.2, 0) is 6.54 Å². The van der Waals surface area contributed by atoms with Gasteiger partial charge in [-0.2, -0.15) is 5.10 Å². The Hall–Kier alpha value is -1.07. The molecule has 0 saturated carbocycles. The van der Waals surface area contributed by atoms with E-state index in [4.69, 9.17) is 5.73 Å². The van der Waals surface area contributed by atoms with Crippen molar-refractivity contribution in [3.8, 4) is 0 Å². The Morgan fingerprint density at radius 1 is 1.60 bits per heavy atom. The van der Waals surface area contributed by atoms with Crippen LogP contribution in [0.3, 0.4) is 0 Å². The van der Waals surface area contributed by atoms with Crippen LogP contribution in [0.1, 0.15) is 13.3 Å². The van der Waals surface area contributed by atoms with Gasteiger partial charge in [0.05, 0.1) is 24.0 Å². The molecule has 0 aliphatic carbocycles. The highest BCUT2D eigenvalue weighted by atomic mass is 16.3. The van der Waals surface area contributed by atoms with Crippen LogP contribution < -0.4 is 5.73 Å². The number of aliphatic hydroxyl groups is 1. The summed E-state index contributed by atoms with van der Waals surface area (Å²) in [5.41, 5.74) is 5.76. The highest BCUT2D eigenvalue weighted by Crippen LogP contribution is 2.19. The maximum atomic E-state index is 9.78. The average Bonchev–Trinajstić information content (AvgIpc) is 2.69. The first kappa shape index (κ1) is 10.4. The van der Waals surface area contributed by atoms with E-state index in [2.05, 4.69) is 10.00 Å². The van der Waals surface area contributed by atoms with E-state index >= 15 is 0 Å². The number of aromatic nitrogens is 2. The summed E-state index contributed by atoms with van der Waals surface area (Å²) in [7, 11) is 0. The number of rotatable bonds is 3. The van der Waals surface area contributed by atoms with Gasteiger partial charge in [-0.1, -0.05) is 0 Å². The summed E-state index contributed by atoms with van der Waals surface area (Å²) < 4.78 is 1.84. The summed E-state index contributed by atoms with van der Waals surface area (Å²) in [5.74, 6) is 0. The number of nitrogens with two attached hydrogens (primary N) is 1. The van der Waals surface area contributed by atoms with Gasteiger partial charge in [0.2, 0.25) is 0 Å². The summed E-state index contributed by atoms with van der Waals surface area (Å²) in [6.07, 6.45) is 4.34. The zero-order chi connectivity index (χ0) is 10.9. The normalized spacial score (nSPS) is 27.3. The van der Waals surface area contributed by atoms with Gasteiger partial charge >= 0.3 is 0 Å². The SMILES string of the molecule is CC1(O)CCN(CCn2cc(N)cn2)C1. The lowest BCUT2D eigenvalue weighted by Crippen LogP contribution is -2.31. The third kappa shape index (κ3) is 2.70. The van der Waals surface area contributed by atoms with Gasteiger partial charge < -0.3 is 10.8 Å². The molecule has 0 bridgehead atoms. The van der Waals surface area contributed by atoms with Gasteiger partial charge in [-0.05, 0) is 13.3 Å². The molecular formula is C10H18N4O. The van der Waals surface area contributed by atoms with Gasteiger partial charge in [0.15, 0.2) is 0 Å². The van der Waals surface area contributed by atoms with Crippen LogP contribution in [0.5, 0.6) is 0 Å². The fraction of sp³-hybridized carbons (Fsp3) is 0.700. The predicted octanol–water partition coefficient (Wildman–Crippen LogP) is -0.0780. The molecule has 0 aromatic carbocycles. The van der Waals surface area contributed by atoms with Gasteiger partial charge in [0, 0.05) is 25.8 Å². The number of likely N-dealkylation sites (tertiary alicyclic amines) is 1. The van der Waals surface area contributed by atoms with Crippen LogP contribution in [-0.4, -0.2) is 45.0 Å².